The number of nitriles is 1. The summed E-state index contributed by atoms with van der Waals surface area (Å²) < 4.78 is 13.4. The van der Waals surface area contributed by atoms with E-state index in [1.165, 1.54) is 12.1 Å². The number of nitrogens with zero attached hydrogens (tertiary/aromatic N) is 1. The van der Waals surface area contributed by atoms with Crippen LogP contribution in [0.25, 0.3) is 0 Å². The van der Waals surface area contributed by atoms with Crippen molar-refractivity contribution in [2.45, 2.75) is 6.04 Å². The molecule has 2 aromatic carbocycles. The number of rotatable bonds is 3. The maximum atomic E-state index is 13.4. The van der Waals surface area contributed by atoms with Crippen LogP contribution in [-0.2, 0) is 0 Å². The third-order valence-electron chi connectivity index (χ3n) is 2.54. The standard InChI is InChI=1S/C14H9Cl2FN2/c15-10-2-1-3-11(7-10)19-14(8-18)9-4-5-12(16)13(17)6-9/h1-7,14,19H. The quantitative estimate of drug-likeness (QED) is 0.882. The molecule has 1 unspecified atom stereocenters. The first kappa shape index (κ1) is 13.7. The molecule has 1 atom stereocenters. The molecule has 0 saturated carbocycles. The molecule has 2 nitrogen and oxygen atoms in total. The summed E-state index contributed by atoms with van der Waals surface area (Å²) in [7, 11) is 0. The van der Waals surface area contributed by atoms with Gasteiger partial charge in [0.1, 0.15) is 11.9 Å². The SMILES string of the molecule is N#CC(Nc1cccc(Cl)c1)c1ccc(Cl)c(F)c1. The molecule has 0 spiro atoms. The Kier molecular flexibility index (Phi) is 4.26. The number of hydrogen-bond donors (Lipinski definition) is 1. The maximum Gasteiger partial charge on any atom is 0.142 e. The molecule has 2 aromatic rings. The highest BCUT2D eigenvalue weighted by Gasteiger charge is 2.12. The van der Waals surface area contributed by atoms with Crippen LogP contribution in [0.5, 0.6) is 0 Å². The summed E-state index contributed by atoms with van der Waals surface area (Å²) in [6.07, 6.45) is 0. The van der Waals surface area contributed by atoms with Crippen LogP contribution in [0.2, 0.25) is 10.0 Å². The topological polar surface area (TPSA) is 35.8 Å². The molecule has 0 amide bonds. The van der Waals surface area contributed by atoms with Crippen molar-refractivity contribution in [3.8, 4) is 6.07 Å². The van der Waals surface area contributed by atoms with Gasteiger partial charge in [0.05, 0.1) is 11.1 Å². The van der Waals surface area contributed by atoms with E-state index in [0.717, 1.165) is 0 Å². The van der Waals surface area contributed by atoms with Gasteiger partial charge >= 0.3 is 0 Å². The Hall–Kier alpha value is -1.76. The van der Waals surface area contributed by atoms with Crippen molar-refractivity contribution in [2.24, 2.45) is 0 Å². The lowest BCUT2D eigenvalue weighted by molar-refractivity contribution is 0.625. The third kappa shape index (κ3) is 3.37. The molecule has 0 bridgehead atoms. The van der Waals surface area contributed by atoms with Crippen molar-refractivity contribution in [2.75, 3.05) is 5.32 Å². The number of hydrogen-bond acceptors (Lipinski definition) is 2. The summed E-state index contributed by atoms with van der Waals surface area (Å²) in [5.41, 5.74) is 1.19. The van der Waals surface area contributed by atoms with Gasteiger partial charge in [0.25, 0.3) is 0 Å². The molecule has 96 valence electrons. The van der Waals surface area contributed by atoms with E-state index >= 15 is 0 Å². The van der Waals surface area contributed by atoms with Crippen LogP contribution < -0.4 is 5.32 Å². The van der Waals surface area contributed by atoms with Crippen molar-refractivity contribution in [3.63, 3.8) is 0 Å². The van der Waals surface area contributed by atoms with Gasteiger partial charge in [-0.1, -0.05) is 35.3 Å². The van der Waals surface area contributed by atoms with E-state index in [0.29, 0.717) is 16.3 Å². The van der Waals surface area contributed by atoms with Gasteiger partial charge < -0.3 is 5.32 Å². The predicted molar refractivity (Wildman–Crippen MR) is 74.8 cm³/mol. The van der Waals surface area contributed by atoms with Crippen LogP contribution in [0, 0.1) is 17.1 Å². The molecule has 0 aliphatic carbocycles. The molecule has 19 heavy (non-hydrogen) atoms. The Morgan fingerprint density at radius 1 is 1.16 bits per heavy atom. The van der Waals surface area contributed by atoms with Gasteiger partial charge in [0, 0.05) is 10.7 Å². The van der Waals surface area contributed by atoms with Crippen LogP contribution in [-0.4, -0.2) is 0 Å². The largest absolute Gasteiger partial charge is 0.366 e. The normalized spacial score (nSPS) is 11.7. The van der Waals surface area contributed by atoms with Crippen molar-refractivity contribution < 1.29 is 4.39 Å². The highest BCUT2D eigenvalue weighted by Crippen LogP contribution is 2.24. The number of benzene rings is 2. The van der Waals surface area contributed by atoms with Gasteiger partial charge in [0.15, 0.2) is 0 Å². The van der Waals surface area contributed by atoms with Crippen LogP contribution in [0.4, 0.5) is 10.1 Å². The molecule has 0 heterocycles. The summed E-state index contributed by atoms with van der Waals surface area (Å²) in [5.74, 6) is -0.549. The average Bonchev–Trinajstić information content (AvgIpc) is 2.39. The Morgan fingerprint density at radius 2 is 1.95 bits per heavy atom. The summed E-state index contributed by atoms with van der Waals surface area (Å²) in [5, 5.41) is 12.7. The van der Waals surface area contributed by atoms with Crippen LogP contribution >= 0.6 is 23.2 Å². The highest BCUT2D eigenvalue weighted by atomic mass is 35.5. The lowest BCUT2D eigenvalue weighted by Gasteiger charge is -2.13. The predicted octanol–water partition coefficient (Wildman–Crippen LogP) is 4.81. The first-order valence-corrected chi connectivity index (χ1v) is 6.22. The fourth-order valence-electron chi connectivity index (χ4n) is 1.63. The zero-order chi connectivity index (χ0) is 13.8. The van der Waals surface area contributed by atoms with Crippen molar-refractivity contribution in [3.05, 3.63) is 63.9 Å². The first-order valence-electron chi connectivity index (χ1n) is 5.47. The number of anilines is 1. The van der Waals surface area contributed by atoms with E-state index in [1.54, 1.807) is 30.3 Å². The molecule has 0 aromatic heterocycles. The molecule has 0 radical (unpaired) electrons. The lowest BCUT2D eigenvalue weighted by Crippen LogP contribution is -2.08. The zero-order valence-electron chi connectivity index (χ0n) is 9.70. The first-order chi connectivity index (χ1) is 9.10. The van der Waals surface area contributed by atoms with E-state index < -0.39 is 11.9 Å². The second-order valence-electron chi connectivity index (χ2n) is 3.89. The summed E-state index contributed by atoms with van der Waals surface area (Å²) >= 11 is 11.5. The van der Waals surface area contributed by atoms with E-state index in [-0.39, 0.29) is 5.02 Å². The van der Waals surface area contributed by atoms with E-state index in [4.69, 9.17) is 28.5 Å². The van der Waals surface area contributed by atoms with Crippen molar-refractivity contribution in [1.82, 2.24) is 0 Å². The monoisotopic (exact) mass is 294 g/mol. The Balaban J connectivity index is 2.25. The van der Waals surface area contributed by atoms with Crippen LogP contribution in [0.1, 0.15) is 11.6 Å². The van der Waals surface area contributed by atoms with Crippen LogP contribution in [0.15, 0.2) is 42.5 Å². The minimum absolute atomic E-state index is 0.0307. The summed E-state index contributed by atoms with van der Waals surface area (Å²) in [6.45, 7) is 0. The molecular weight excluding hydrogens is 286 g/mol. The van der Waals surface area contributed by atoms with Crippen LogP contribution in [0.3, 0.4) is 0 Å². The number of nitrogens with one attached hydrogen (secondary N) is 1. The van der Waals surface area contributed by atoms with E-state index in [1.807, 2.05) is 0 Å². The van der Waals surface area contributed by atoms with E-state index in [9.17, 15) is 4.39 Å². The summed E-state index contributed by atoms with van der Waals surface area (Å²) in [4.78, 5) is 0. The fourth-order valence-corrected chi connectivity index (χ4v) is 1.93. The smallest absolute Gasteiger partial charge is 0.142 e. The molecule has 0 aliphatic rings. The number of halogens is 3. The molecule has 0 fully saturated rings. The van der Waals surface area contributed by atoms with Gasteiger partial charge in [0.2, 0.25) is 0 Å². The Bertz CT molecular complexity index is 638. The Morgan fingerprint density at radius 3 is 2.58 bits per heavy atom. The highest BCUT2D eigenvalue weighted by molar-refractivity contribution is 6.31. The molecule has 0 saturated heterocycles. The molecular formula is C14H9Cl2FN2. The molecule has 2 rings (SSSR count). The second kappa shape index (κ2) is 5.92. The van der Waals surface area contributed by atoms with Crippen molar-refractivity contribution in [1.29, 1.82) is 5.26 Å². The fraction of sp³-hybridized carbons (Fsp3) is 0.0714. The lowest BCUT2D eigenvalue weighted by atomic mass is 10.1. The molecule has 0 aliphatic heterocycles. The third-order valence-corrected chi connectivity index (χ3v) is 3.08. The minimum Gasteiger partial charge on any atom is -0.366 e. The van der Waals surface area contributed by atoms with Gasteiger partial charge in [-0.2, -0.15) is 5.26 Å². The van der Waals surface area contributed by atoms with E-state index in [2.05, 4.69) is 11.4 Å². The maximum absolute atomic E-state index is 13.4. The summed E-state index contributed by atoms with van der Waals surface area (Å²) in [6, 6.07) is 12.6. The molecule has 1 N–H and O–H groups in total. The van der Waals surface area contributed by atoms with Gasteiger partial charge in [-0.25, -0.2) is 4.39 Å². The van der Waals surface area contributed by atoms with Gasteiger partial charge in [-0.15, -0.1) is 0 Å². The van der Waals surface area contributed by atoms with Crippen molar-refractivity contribution >= 4 is 28.9 Å². The van der Waals surface area contributed by atoms with Gasteiger partial charge in [-0.3, -0.25) is 0 Å². The Labute approximate surface area is 120 Å². The molecule has 5 heteroatoms. The average molecular weight is 295 g/mol. The van der Waals surface area contributed by atoms with Gasteiger partial charge in [-0.05, 0) is 35.9 Å². The minimum atomic E-state index is -0.676. The zero-order valence-corrected chi connectivity index (χ0v) is 11.2. The second-order valence-corrected chi connectivity index (χ2v) is 4.73.